The Bertz CT molecular complexity index is 337. The van der Waals surface area contributed by atoms with E-state index in [1.807, 2.05) is 26.1 Å². The average Bonchev–Trinajstić information content (AvgIpc) is 2.27. The molecule has 84 valence electrons. The zero-order valence-electron chi connectivity index (χ0n) is 10.1. The van der Waals surface area contributed by atoms with E-state index in [4.69, 9.17) is 9.47 Å². The first-order valence-corrected chi connectivity index (χ1v) is 5.08. The van der Waals surface area contributed by atoms with Crippen molar-refractivity contribution in [3.63, 3.8) is 0 Å². The third-order valence-electron chi connectivity index (χ3n) is 2.65. The van der Waals surface area contributed by atoms with Crippen molar-refractivity contribution in [1.29, 1.82) is 0 Å². The summed E-state index contributed by atoms with van der Waals surface area (Å²) in [4.78, 5) is 2.14. The Balaban J connectivity index is 3.24. The summed E-state index contributed by atoms with van der Waals surface area (Å²) in [6.45, 7) is 5.06. The van der Waals surface area contributed by atoms with Crippen LogP contribution in [0.4, 0.5) is 5.69 Å². The molecule has 0 aliphatic carbocycles. The van der Waals surface area contributed by atoms with Crippen LogP contribution >= 0.6 is 0 Å². The van der Waals surface area contributed by atoms with E-state index in [0.717, 1.165) is 29.3 Å². The highest BCUT2D eigenvalue weighted by molar-refractivity contribution is 5.65. The molecule has 0 unspecified atom stereocenters. The zero-order valence-corrected chi connectivity index (χ0v) is 10.1. The van der Waals surface area contributed by atoms with Crippen LogP contribution in [0, 0.1) is 6.92 Å². The quantitative estimate of drug-likeness (QED) is 0.760. The Morgan fingerprint density at radius 3 is 2.33 bits per heavy atom. The van der Waals surface area contributed by atoms with Gasteiger partial charge in [-0.2, -0.15) is 0 Å². The van der Waals surface area contributed by atoms with Crippen LogP contribution in [0.15, 0.2) is 12.1 Å². The molecule has 3 nitrogen and oxygen atoms in total. The number of rotatable bonds is 4. The number of hydrogen-bond acceptors (Lipinski definition) is 3. The van der Waals surface area contributed by atoms with Gasteiger partial charge in [-0.1, -0.05) is 0 Å². The number of methoxy groups -OCH3 is 2. The average molecular weight is 209 g/mol. The van der Waals surface area contributed by atoms with Crippen molar-refractivity contribution in [2.75, 3.05) is 32.7 Å². The summed E-state index contributed by atoms with van der Waals surface area (Å²) in [5, 5.41) is 0. The van der Waals surface area contributed by atoms with Crippen LogP contribution in [-0.2, 0) is 0 Å². The highest BCUT2D eigenvalue weighted by atomic mass is 16.5. The molecule has 0 amide bonds. The summed E-state index contributed by atoms with van der Waals surface area (Å²) in [7, 11) is 5.41. The summed E-state index contributed by atoms with van der Waals surface area (Å²) in [6, 6.07) is 3.99. The lowest BCUT2D eigenvalue weighted by atomic mass is 10.1. The number of anilines is 1. The molecule has 1 rings (SSSR count). The number of benzene rings is 1. The van der Waals surface area contributed by atoms with Gasteiger partial charge in [0.2, 0.25) is 0 Å². The molecule has 0 saturated carbocycles. The highest BCUT2D eigenvalue weighted by Gasteiger charge is 2.12. The van der Waals surface area contributed by atoms with Gasteiger partial charge in [-0.25, -0.2) is 0 Å². The molecule has 0 spiro atoms. The van der Waals surface area contributed by atoms with Crippen molar-refractivity contribution in [1.82, 2.24) is 0 Å². The van der Waals surface area contributed by atoms with E-state index in [1.165, 1.54) is 0 Å². The minimum Gasteiger partial charge on any atom is -0.496 e. The normalized spacial score (nSPS) is 9.93. The minimum atomic E-state index is 0.861. The third kappa shape index (κ3) is 2.17. The molecule has 0 heterocycles. The molecular formula is C12H19NO2. The highest BCUT2D eigenvalue weighted by Crippen LogP contribution is 2.36. The second-order valence-corrected chi connectivity index (χ2v) is 3.46. The number of ether oxygens (including phenoxy) is 2. The van der Waals surface area contributed by atoms with Crippen molar-refractivity contribution in [3.05, 3.63) is 17.7 Å². The van der Waals surface area contributed by atoms with E-state index in [2.05, 4.69) is 11.8 Å². The van der Waals surface area contributed by atoms with Gasteiger partial charge in [0, 0.05) is 19.2 Å². The topological polar surface area (TPSA) is 21.7 Å². The van der Waals surface area contributed by atoms with E-state index < -0.39 is 0 Å². The summed E-state index contributed by atoms with van der Waals surface area (Å²) in [5.74, 6) is 1.75. The predicted octanol–water partition coefficient (Wildman–Crippen LogP) is 2.47. The molecule has 1 aromatic carbocycles. The van der Waals surface area contributed by atoms with Crippen molar-refractivity contribution >= 4 is 5.69 Å². The molecule has 15 heavy (non-hydrogen) atoms. The lowest BCUT2D eigenvalue weighted by Crippen LogP contribution is -2.17. The Hall–Kier alpha value is -1.38. The van der Waals surface area contributed by atoms with Gasteiger partial charge in [0.15, 0.2) is 0 Å². The maximum absolute atomic E-state index is 5.42. The second kappa shape index (κ2) is 4.91. The van der Waals surface area contributed by atoms with Crippen LogP contribution < -0.4 is 14.4 Å². The van der Waals surface area contributed by atoms with Crippen LogP contribution in [0.25, 0.3) is 0 Å². The first-order valence-electron chi connectivity index (χ1n) is 5.08. The van der Waals surface area contributed by atoms with Gasteiger partial charge in [-0.3, -0.25) is 0 Å². The van der Waals surface area contributed by atoms with Gasteiger partial charge in [0.25, 0.3) is 0 Å². The van der Waals surface area contributed by atoms with Crippen molar-refractivity contribution in [2.24, 2.45) is 0 Å². The molecule has 0 fully saturated rings. The zero-order chi connectivity index (χ0) is 11.4. The van der Waals surface area contributed by atoms with Gasteiger partial charge in [-0.15, -0.1) is 0 Å². The lowest BCUT2D eigenvalue weighted by Gasteiger charge is -2.22. The molecule has 0 atom stereocenters. The third-order valence-corrected chi connectivity index (χ3v) is 2.65. The first kappa shape index (κ1) is 11.7. The smallest absolute Gasteiger partial charge is 0.148 e. The molecule has 0 aliphatic rings. The summed E-state index contributed by atoms with van der Waals surface area (Å²) < 4.78 is 10.7. The standard InChI is InChI=1S/C12H19NO2/c1-6-13(3)10-7-8-11(14-4)9(2)12(10)15-5/h7-8H,6H2,1-5H3. The second-order valence-electron chi connectivity index (χ2n) is 3.46. The fraction of sp³-hybridized carbons (Fsp3) is 0.500. The van der Waals surface area contributed by atoms with Gasteiger partial charge >= 0.3 is 0 Å². The molecular weight excluding hydrogens is 190 g/mol. The Morgan fingerprint density at radius 2 is 1.87 bits per heavy atom. The van der Waals surface area contributed by atoms with Gasteiger partial charge in [0.05, 0.1) is 19.9 Å². The van der Waals surface area contributed by atoms with Crippen molar-refractivity contribution in [2.45, 2.75) is 13.8 Å². The minimum absolute atomic E-state index is 0.861. The molecule has 0 bridgehead atoms. The maximum Gasteiger partial charge on any atom is 0.148 e. The van der Waals surface area contributed by atoms with E-state index >= 15 is 0 Å². The Labute approximate surface area is 91.6 Å². The van der Waals surface area contributed by atoms with Crippen LogP contribution in [0.5, 0.6) is 11.5 Å². The maximum atomic E-state index is 5.42. The Morgan fingerprint density at radius 1 is 1.20 bits per heavy atom. The number of nitrogens with zero attached hydrogens (tertiary/aromatic N) is 1. The number of hydrogen-bond donors (Lipinski definition) is 0. The molecule has 0 aliphatic heterocycles. The van der Waals surface area contributed by atoms with E-state index in [-0.39, 0.29) is 0 Å². The van der Waals surface area contributed by atoms with Crippen LogP contribution in [0.3, 0.4) is 0 Å². The van der Waals surface area contributed by atoms with E-state index in [1.54, 1.807) is 14.2 Å². The van der Waals surface area contributed by atoms with Crippen LogP contribution in [0.1, 0.15) is 12.5 Å². The van der Waals surface area contributed by atoms with E-state index in [9.17, 15) is 0 Å². The molecule has 0 aromatic heterocycles. The molecule has 0 saturated heterocycles. The summed E-state index contributed by atoms with van der Waals surface area (Å²) in [5.41, 5.74) is 2.14. The summed E-state index contributed by atoms with van der Waals surface area (Å²) >= 11 is 0. The van der Waals surface area contributed by atoms with Crippen molar-refractivity contribution in [3.8, 4) is 11.5 Å². The monoisotopic (exact) mass is 209 g/mol. The molecule has 0 radical (unpaired) electrons. The van der Waals surface area contributed by atoms with E-state index in [0.29, 0.717) is 0 Å². The van der Waals surface area contributed by atoms with Gasteiger partial charge in [-0.05, 0) is 26.0 Å². The van der Waals surface area contributed by atoms with Crippen LogP contribution in [0.2, 0.25) is 0 Å². The summed E-state index contributed by atoms with van der Waals surface area (Å²) in [6.07, 6.45) is 0. The van der Waals surface area contributed by atoms with Gasteiger partial charge < -0.3 is 14.4 Å². The largest absolute Gasteiger partial charge is 0.496 e. The van der Waals surface area contributed by atoms with Gasteiger partial charge in [0.1, 0.15) is 11.5 Å². The SMILES string of the molecule is CCN(C)c1ccc(OC)c(C)c1OC. The molecule has 3 heteroatoms. The Kier molecular flexibility index (Phi) is 3.83. The molecule has 1 aromatic rings. The predicted molar refractivity (Wildman–Crippen MR) is 63.2 cm³/mol. The van der Waals surface area contributed by atoms with Crippen LogP contribution in [-0.4, -0.2) is 27.8 Å². The molecule has 0 N–H and O–H groups in total. The van der Waals surface area contributed by atoms with Crippen molar-refractivity contribution < 1.29 is 9.47 Å². The first-order chi connectivity index (χ1) is 7.15. The lowest BCUT2D eigenvalue weighted by molar-refractivity contribution is 0.389. The fourth-order valence-corrected chi connectivity index (χ4v) is 1.61. The fourth-order valence-electron chi connectivity index (χ4n) is 1.61.